The fourth-order valence-corrected chi connectivity index (χ4v) is 3.19. The van der Waals surface area contributed by atoms with Crippen LogP contribution in [-0.2, 0) is 6.54 Å². The van der Waals surface area contributed by atoms with Gasteiger partial charge in [0.25, 0.3) is 5.91 Å². The first-order valence-electron chi connectivity index (χ1n) is 9.08. The van der Waals surface area contributed by atoms with Crippen molar-refractivity contribution >= 4 is 28.3 Å². The van der Waals surface area contributed by atoms with Crippen molar-refractivity contribution in [2.75, 3.05) is 5.32 Å². The molecule has 0 spiro atoms. The smallest absolute Gasteiger partial charge is 0.255 e. The van der Waals surface area contributed by atoms with Crippen molar-refractivity contribution in [1.82, 2.24) is 0 Å². The number of Topliss-reactive ketones (excluding diaryl/α,β-unsaturated/α-hetero) is 1. The van der Waals surface area contributed by atoms with Crippen LogP contribution in [-0.4, -0.2) is 11.7 Å². The first-order valence-corrected chi connectivity index (χ1v) is 9.08. The largest absolute Gasteiger partial charge is 0.321 e. The molecule has 1 amide bonds. The van der Waals surface area contributed by atoms with Gasteiger partial charge in [-0.05, 0) is 18.2 Å². The molecule has 0 fully saturated rings. The predicted molar refractivity (Wildman–Crippen MR) is 109 cm³/mol. The van der Waals surface area contributed by atoms with Crippen LogP contribution in [0.4, 0.5) is 5.69 Å². The van der Waals surface area contributed by atoms with Crippen LogP contribution >= 0.6 is 0 Å². The van der Waals surface area contributed by atoms with Crippen LogP contribution in [0.2, 0.25) is 0 Å². The van der Waals surface area contributed by atoms with E-state index >= 15 is 0 Å². The third-order valence-electron chi connectivity index (χ3n) is 4.62. The van der Waals surface area contributed by atoms with Crippen LogP contribution in [0.15, 0.2) is 97.2 Å². The van der Waals surface area contributed by atoms with E-state index in [0.717, 1.165) is 10.9 Å². The van der Waals surface area contributed by atoms with Gasteiger partial charge in [0.15, 0.2) is 6.20 Å². The number of amides is 1. The number of anilines is 1. The highest BCUT2D eigenvalue weighted by atomic mass is 16.1. The number of hydrogen-bond donors (Lipinski definition) is 1. The minimum absolute atomic E-state index is 0.0387. The summed E-state index contributed by atoms with van der Waals surface area (Å²) in [7, 11) is 0. The van der Waals surface area contributed by atoms with Crippen LogP contribution in [0.5, 0.6) is 0 Å². The average Bonchev–Trinajstić information content (AvgIpc) is 2.76. The number of ketones is 1. The Morgan fingerprint density at radius 2 is 1.32 bits per heavy atom. The lowest BCUT2D eigenvalue weighted by atomic mass is 10.1. The van der Waals surface area contributed by atoms with Gasteiger partial charge in [0, 0.05) is 23.3 Å². The standard InChI is InChI=1S/C24H18N2O2/c27-23(18-9-3-1-4-10-18)17-26-16-15-21(20-13-7-8-14-22(20)26)25-24(28)19-11-5-2-6-12-19/h1-16H,17H2/p+1. The van der Waals surface area contributed by atoms with Crippen molar-refractivity contribution < 1.29 is 14.2 Å². The zero-order valence-electron chi connectivity index (χ0n) is 15.2. The van der Waals surface area contributed by atoms with Crippen molar-refractivity contribution in [1.29, 1.82) is 0 Å². The Balaban J connectivity index is 1.65. The number of nitrogens with one attached hydrogen (secondary N) is 1. The van der Waals surface area contributed by atoms with E-state index in [1.807, 2.05) is 89.6 Å². The van der Waals surface area contributed by atoms with E-state index < -0.39 is 0 Å². The van der Waals surface area contributed by atoms with E-state index in [2.05, 4.69) is 5.32 Å². The Bertz CT molecular complexity index is 1050. The molecule has 1 aromatic heterocycles. The number of fused-ring (bicyclic) bond motifs is 1. The maximum absolute atomic E-state index is 12.6. The number of pyridine rings is 1. The van der Waals surface area contributed by atoms with Crippen LogP contribution in [0.1, 0.15) is 20.7 Å². The van der Waals surface area contributed by atoms with Crippen molar-refractivity contribution in [3.8, 4) is 0 Å². The monoisotopic (exact) mass is 367 g/mol. The highest BCUT2D eigenvalue weighted by Crippen LogP contribution is 2.21. The van der Waals surface area contributed by atoms with E-state index in [4.69, 9.17) is 0 Å². The van der Waals surface area contributed by atoms with Gasteiger partial charge in [-0.15, -0.1) is 0 Å². The van der Waals surface area contributed by atoms with Gasteiger partial charge in [-0.2, -0.15) is 4.57 Å². The Morgan fingerprint density at radius 1 is 0.714 bits per heavy atom. The lowest BCUT2D eigenvalue weighted by molar-refractivity contribution is -0.657. The number of rotatable bonds is 5. The van der Waals surface area contributed by atoms with Gasteiger partial charge in [0.05, 0.1) is 11.1 Å². The number of benzene rings is 3. The molecule has 0 radical (unpaired) electrons. The van der Waals surface area contributed by atoms with Crippen molar-refractivity contribution in [3.63, 3.8) is 0 Å². The van der Waals surface area contributed by atoms with Gasteiger partial charge in [0.2, 0.25) is 17.8 Å². The van der Waals surface area contributed by atoms with Gasteiger partial charge in [-0.3, -0.25) is 9.59 Å². The second-order valence-corrected chi connectivity index (χ2v) is 6.48. The van der Waals surface area contributed by atoms with Crippen molar-refractivity contribution in [3.05, 3.63) is 108 Å². The molecule has 4 nitrogen and oxygen atoms in total. The zero-order chi connectivity index (χ0) is 19.3. The summed E-state index contributed by atoms with van der Waals surface area (Å²) >= 11 is 0. The van der Waals surface area contributed by atoms with E-state index in [-0.39, 0.29) is 18.2 Å². The van der Waals surface area contributed by atoms with E-state index in [1.54, 1.807) is 12.1 Å². The molecular weight excluding hydrogens is 348 g/mol. The molecule has 0 atom stereocenters. The number of hydrogen-bond acceptors (Lipinski definition) is 2. The molecule has 4 rings (SSSR count). The second kappa shape index (κ2) is 7.84. The second-order valence-electron chi connectivity index (χ2n) is 6.48. The molecule has 0 saturated heterocycles. The van der Waals surface area contributed by atoms with Gasteiger partial charge in [-0.25, -0.2) is 0 Å². The molecule has 28 heavy (non-hydrogen) atoms. The number of aromatic nitrogens is 1. The van der Waals surface area contributed by atoms with E-state index in [0.29, 0.717) is 16.8 Å². The highest BCUT2D eigenvalue weighted by molar-refractivity contribution is 6.08. The summed E-state index contributed by atoms with van der Waals surface area (Å²) in [6, 6.07) is 27.9. The van der Waals surface area contributed by atoms with Crippen LogP contribution < -0.4 is 9.88 Å². The molecule has 0 aliphatic carbocycles. The summed E-state index contributed by atoms with van der Waals surface area (Å²) < 4.78 is 1.91. The maximum Gasteiger partial charge on any atom is 0.255 e. The van der Waals surface area contributed by atoms with E-state index in [1.165, 1.54) is 0 Å². The summed E-state index contributed by atoms with van der Waals surface area (Å²) in [6.45, 7) is 0.234. The quantitative estimate of drug-likeness (QED) is 0.423. The first-order chi connectivity index (χ1) is 13.7. The fourth-order valence-electron chi connectivity index (χ4n) is 3.19. The molecule has 0 bridgehead atoms. The molecule has 3 aromatic carbocycles. The molecular formula is C24H19N2O2+. The molecule has 4 aromatic rings. The predicted octanol–water partition coefficient (Wildman–Crippen LogP) is 4.26. The Kier molecular flexibility index (Phi) is 4.93. The topological polar surface area (TPSA) is 50.0 Å². The summed E-state index contributed by atoms with van der Waals surface area (Å²) in [4.78, 5) is 25.1. The maximum atomic E-state index is 12.6. The van der Waals surface area contributed by atoms with E-state index in [9.17, 15) is 9.59 Å². The third-order valence-corrected chi connectivity index (χ3v) is 4.62. The Hall–Kier alpha value is -3.79. The van der Waals surface area contributed by atoms with Crippen molar-refractivity contribution in [2.45, 2.75) is 6.54 Å². The van der Waals surface area contributed by atoms with Crippen LogP contribution in [0.25, 0.3) is 10.9 Å². The number of carbonyl (C=O) groups is 2. The summed E-state index contributed by atoms with van der Waals surface area (Å²) in [6.07, 6.45) is 1.84. The summed E-state index contributed by atoms with van der Waals surface area (Å²) in [5.74, 6) is -0.124. The SMILES string of the molecule is O=C(C[n+]1ccc(NC(=O)c2ccccc2)c2ccccc21)c1ccccc1. The fraction of sp³-hybridized carbons (Fsp3) is 0.0417. The summed E-state index contributed by atoms with van der Waals surface area (Å²) in [5.41, 5.74) is 2.88. The number of nitrogens with zero attached hydrogens (tertiary/aromatic N) is 1. The van der Waals surface area contributed by atoms with Crippen LogP contribution in [0.3, 0.4) is 0 Å². The van der Waals surface area contributed by atoms with Gasteiger partial charge >= 0.3 is 0 Å². The molecule has 1 N–H and O–H groups in total. The molecule has 0 aliphatic heterocycles. The lowest BCUT2D eigenvalue weighted by Crippen LogP contribution is -2.38. The number of para-hydroxylation sites is 1. The lowest BCUT2D eigenvalue weighted by Gasteiger charge is -2.09. The Labute approximate surface area is 163 Å². The minimum Gasteiger partial charge on any atom is -0.321 e. The molecule has 136 valence electrons. The molecule has 0 aliphatic rings. The van der Waals surface area contributed by atoms with Gasteiger partial charge < -0.3 is 5.32 Å². The zero-order valence-corrected chi connectivity index (χ0v) is 15.2. The van der Waals surface area contributed by atoms with Crippen molar-refractivity contribution in [2.24, 2.45) is 0 Å². The highest BCUT2D eigenvalue weighted by Gasteiger charge is 2.18. The molecule has 0 unspecified atom stereocenters. The molecule has 0 saturated carbocycles. The molecule has 1 heterocycles. The normalized spacial score (nSPS) is 10.6. The summed E-state index contributed by atoms with van der Waals surface area (Å²) in [5, 5.41) is 3.86. The van der Waals surface area contributed by atoms with Crippen LogP contribution in [0, 0.1) is 0 Å². The Morgan fingerprint density at radius 3 is 2.04 bits per heavy atom. The van der Waals surface area contributed by atoms with Gasteiger partial charge in [0.1, 0.15) is 0 Å². The molecule has 4 heteroatoms. The average molecular weight is 367 g/mol. The number of carbonyl (C=O) groups excluding carboxylic acids is 2. The van der Waals surface area contributed by atoms with Gasteiger partial charge in [-0.1, -0.05) is 60.7 Å². The first kappa shape index (κ1) is 17.6. The minimum atomic E-state index is -0.163. The third kappa shape index (κ3) is 3.67.